The first-order valence-electron chi connectivity index (χ1n) is 6.25. The van der Waals surface area contributed by atoms with E-state index in [1.54, 1.807) is 18.6 Å². The topological polar surface area (TPSA) is 73.1 Å². The number of hydrogen-bond donors (Lipinski definition) is 2. The summed E-state index contributed by atoms with van der Waals surface area (Å²) in [4.78, 5) is 8.37. The smallest absolute Gasteiger partial charge is 0.105 e. The van der Waals surface area contributed by atoms with E-state index in [4.69, 9.17) is 10.6 Å². The number of rotatable bonds is 6. The molecule has 2 atom stereocenters. The molecule has 2 rings (SSSR count). The molecule has 1 aromatic heterocycles. The van der Waals surface area contributed by atoms with Crippen LogP contribution in [0.2, 0.25) is 0 Å². The van der Waals surface area contributed by atoms with Crippen LogP contribution in [-0.2, 0) is 4.74 Å². The zero-order valence-corrected chi connectivity index (χ0v) is 10.9. The van der Waals surface area contributed by atoms with E-state index in [0.717, 1.165) is 11.3 Å². The van der Waals surface area contributed by atoms with Gasteiger partial charge in [0.1, 0.15) is 6.10 Å². The minimum atomic E-state index is -0.240. The molecule has 1 aromatic carbocycles. The molecule has 0 aliphatic rings. The second kappa shape index (κ2) is 6.94. The van der Waals surface area contributed by atoms with E-state index in [9.17, 15) is 0 Å². The minimum Gasteiger partial charge on any atom is -0.372 e. The Morgan fingerprint density at radius 1 is 1.26 bits per heavy atom. The Morgan fingerprint density at radius 2 is 2.05 bits per heavy atom. The van der Waals surface area contributed by atoms with Crippen LogP contribution in [0, 0.1) is 0 Å². The Hall–Kier alpha value is -1.82. The van der Waals surface area contributed by atoms with Gasteiger partial charge in [-0.05, 0) is 12.5 Å². The molecule has 0 radical (unpaired) electrons. The molecule has 0 spiro atoms. The van der Waals surface area contributed by atoms with Gasteiger partial charge in [0.25, 0.3) is 0 Å². The summed E-state index contributed by atoms with van der Waals surface area (Å²) in [5.41, 5.74) is 4.58. The molecule has 0 bridgehead atoms. The molecule has 2 aromatic rings. The summed E-state index contributed by atoms with van der Waals surface area (Å²) >= 11 is 0. The summed E-state index contributed by atoms with van der Waals surface area (Å²) in [6.07, 6.45) is 4.77. The molecular formula is C14H18N4O. The van der Waals surface area contributed by atoms with Crippen molar-refractivity contribution in [3.63, 3.8) is 0 Å². The molecule has 0 amide bonds. The molecule has 5 nitrogen and oxygen atoms in total. The lowest BCUT2D eigenvalue weighted by molar-refractivity contribution is 0.0314. The number of hydrogen-bond acceptors (Lipinski definition) is 5. The first-order chi connectivity index (χ1) is 9.36. The second-order valence-corrected chi connectivity index (χ2v) is 4.06. The zero-order valence-electron chi connectivity index (χ0n) is 10.9. The van der Waals surface area contributed by atoms with E-state index in [1.165, 1.54) is 0 Å². The fourth-order valence-electron chi connectivity index (χ4n) is 2.01. The number of hydrazine groups is 1. The molecular weight excluding hydrogens is 240 g/mol. The van der Waals surface area contributed by atoms with Crippen LogP contribution < -0.4 is 11.3 Å². The third-order valence-corrected chi connectivity index (χ3v) is 2.86. The van der Waals surface area contributed by atoms with E-state index >= 15 is 0 Å². The number of nitrogens with two attached hydrogens (primary N) is 1. The first-order valence-corrected chi connectivity index (χ1v) is 6.25. The van der Waals surface area contributed by atoms with Gasteiger partial charge in [-0.2, -0.15) is 0 Å². The van der Waals surface area contributed by atoms with Crippen LogP contribution in [0.1, 0.15) is 30.3 Å². The average Bonchev–Trinajstić information content (AvgIpc) is 2.49. The van der Waals surface area contributed by atoms with Crippen LogP contribution in [0.3, 0.4) is 0 Å². The normalized spacial score (nSPS) is 14.0. The molecule has 0 saturated heterocycles. The molecule has 0 fully saturated rings. The summed E-state index contributed by atoms with van der Waals surface area (Å²) in [6, 6.07) is 9.72. The lowest BCUT2D eigenvalue weighted by Gasteiger charge is -2.26. The van der Waals surface area contributed by atoms with E-state index in [0.29, 0.717) is 6.61 Å². The second-order valence-electron chi connectivity index (χ2n) is 4.06. The Kier molecular flexibility index (Phi) is 4.97. The standard InChI is InChI=1S/C14H18N4O/c1-2-19-14(11-6-4-3-5-7-11)13(18-15)12-10-16-8-9-17-12/h3-10,13-14,18H,2,15H2,1H3. The van der Waals surface area contributed by atoms with Crippen LogP contribution in [0.25, 0.3) is 0 Å². The summed E-state index contributed by atoms with van der Waals surface area (Å²) in [7, 11) is 0. The van der Waals surface area contributed by atoms with E-state index in [1.807, 2.05) is 37.3 Å². The van der Waals surface area contributed by atoms with Gasteiger partial charge < -0.3 is 4.74 Å². The molecule has 19 heavy (non-hydrogen) atoms. The van der Waals surface area contributed by atoms with Gasteiger partial charge in [-0.3, -0.25) is 15.8 Å². The Bertz CT molecular complexity index is 477. The molecule has 5 heteroatoms. The van der Waals surface area contributed by atoms with Crippen molar-refractivity contribution in [1.82, 2.24) is 15.4 Å². The van der Waals surface area contributed by atoms with Crippen LogP contribution in [0.5, 0.6) is 0 Å². The van der Waals surface area contributed by atoms with Crippen molar-refractivity contribution in [3.8, 4) is 0 Å². The van der Waals surface area contributed by atoms with Crippen molar-refractivity contribution in [3.05, 3.63) is 60.2 Å². The number of benzene rings is 1. The SMILES string of the molecule is CCOC(c1ccccc1)C(NN)c1cnccn1. The highest BCUT2D eigenvalue weighted by atomic mass is 16.5. The quantitative estimate of drug-likeness (QED) is 0.610. The largest absolute Gasteiger partial charge is 0.372 e. The fraction of sp³-hybridized carbons (Fsp3) is 0.286. The van der Waals surface area contributed by atoms with Crippen molar-refractivity contribution in [2.45, 2.75) is 19.1 Å². The molecule has 0 aliphatic carbocycles. The number of ether oxygens (including phenoxy) is 1. The van der Waals surface area contributed by atoms with Crippen molar-refractivity contribution in [2.24, 2.45) is 5.84 Å². The predicted molar refractivity (Wildman–Crippen MR) is 72.9 cm³/mol. The van der Waals surface area contributed by atoms with Gasteiger partial charge in [0.2, 0.25) is 0 Å². The maximum atomic E-state index is 5.83. The highest BCUT2D eigenvalue weighted by Crippen LogP contribution is 2.30. The maximum Gasteiger partial charge on any atom is 0.105 e. The van der Waals surface area contributed by atoms with Gasteiger partial charge in [0.05, 0.1) is 17.9 Å². The third kappa shape index (κ3) is 3.35. The summed E-state index contributed by atoms with van der Waals surface area (Å²) in [5, 5.41) is 0. The molecule has 2 unspecified atom stereocenters. The minimum absolute atomic E-state index is 0.201. The van der Waals surface area contributed by atoms with Crippen molar-refractivity contribution in [2.75, 3.05) is 6.61 Å². The number of aromatic nitrogens is 2. The molecule has 0 saturated carbocycles. The maximum absolute atomic E-state index is 5.83. The van der Waals surface area contributed by atoms with Crippen LogP contribution in [-0.4, -0.2) is 16.6 Å². The van der Waals surface area contributed by atoms with Gasteiger partial charge in [-0.25, -0.2) is 5.43 Å². The first kappa shape index (κ1) is 13.6. The molecule has 100 valence electrons. The lowest BCUT2D eigenvalue weighted by atomic mass is 10.00. The Morgan fingerprint density at radius 3 is 2.63 bits per heavy atom. The summed E-state index contributed by atoms with van der Waals surface area (Å²) in [6.45, 7) is 2.55. The van der Waals surface area contributed by atoms with Crippen molar-refractivity contribution in [1.29, 1.82) is 0 Å². The zero-order chi connectivity index (χ0) is 13.5. The van der Waals surface area contributed by atoms with Crippen molar-refractivity contribution >= 4 is 0 Å². The summed E-state index contributed by atoms with van der Waals surface area (Å²) in [5.74, 6) is 5.68. The Balaban J connectivity index is 2.31. The van der Waals surface area contributed by atoms with E-state index < -0.39 is 0 Å². The highest BCUT2D eigenvalue weighted by molar-refractivity contribution is 5.21. The Labute approximate surface area is 112 Å². The van der Waals surface area contributed by atoms with Crippen LogP contribution in [0.15, 0.2) is 48.9 Å². The van der Waals surface area contributed by atoms with Gasteiger partial charge in [-0.15, -0.1) is 0 Å². The van der Waals surface area contributed by atoms with Crippen molar-refractivity contribution < 1.29 is 4.74 Å². The molecule has 0 aliphatic heterocycles. The van der Waals surface area contributed by atoms with Gasteiger partial charge in [0, 0.05) is 19.0 Å². The van der Waals surface area contributed by atoms with E-state index in [2.05, 4.69) is 15.4 Å². The molecule has 3 N–H and O–H groups in total. The van der Waals surface area contributed by atoms with Gasteiger partial charge in [0.15, 0.2) is 0 Å². The van der Waals surface area contributed by atoms with E-state index in [-0.39, 0.29) is 12.1 Å². The highest BCUT2D eigenvalue weighted by Gasteiger charge is 2.25. The summed E-state index contributed by atoms with van der Waals surface area (Å²) < 4.78 is 5.83. The van der Waals surface area contributed by atoms with Gasteiger partial charge >= 0.3 is 0 Å². The van der Waals surface area contributed by atoms with Crippen LogP contribution in [0.4, 0.5) is 0 Å². The third-order valence-electron chi connectivity index (χ3n) is 2.86. The number of nitrogens with one attached hydrogen (secondary N) is 1. The van der Waals surface area contributed by atoms with Gasteiger partial charge in [-0.1, -0.05) is 30.3 Å². The average molecular weight is 258 g/mol. The van der Waals surface area contributed by atoms with Crippen LogP contribution >= 0.6 is 0 Å². The monoisotopic (exact) mass is 258 g/mol. The number of nitrogens with zero attached hydrogens (tertiary/aromatic N) is 2. The molecule has 1 heterocycles. The fourth-order valence-corrected chi connectivity index (χ4v) is 2.01. The predicted octanol–water partition coefficient (Wildman–Crippen LogP) is 1.76. The lowest BCUT2D eigenvalue weighted by Crippen LogP contribution is -2.34.